The number of carbonyl (C=O) groups is 2. The fourth-order valence-corrected chi connectivity index (χ4v) is 2.45. The summed E-state index contributed by atoms with van der Waals surface area (Å²) in [5.74, 6) is 0.430. The molecule has 0 spiro atoms. The molecule has 132 valence electrons. The summed E-state index contributed by atoms with van der Waals surface area (Å²) >= 11 is 0. The van der Waals surface area contributed by atoms with E-state index in [0.29, 0.717) is 37.7 Å². The summed E-state index contributed by atoms with van der Waals surface area (Å²) in [6, 6.07) is 6.79. The lowest BCUT2D eigenvalue weighted by Crippen LogP contribution is -2.48. The number of benzene rings is 1. The van der Waals surface area contributed by atoms with Crippen LogP contribution in [0.5, 0.6) is 5.75 Å². The van der Waals surface area contributed by atoms with Crippen molar-refractivity contribution in [1.29, 1.82) is 0 Å². The monoisotopic (exact) mass is 335 g/mol. The van der Waals surface area contributed by atoms with Gasteiger partial charge in [-0.05, 0) is 26.1 Å². The Morgan fingerprint density at radius 3 is 2.67 bits per heavy atom. The SMILES string of the molecule is COc1ccccc1NC(=O)C(C)N(C)CC(=O)N1CCOCC1. The fourth-order valence-electron chi connectivity index (χ4n) is 2.45. The Hall–Kier alpha value is -2.12. The molecule has 1 aliphatic rings. The molecule has 1 fully saturated rings. The predicted octanol–water partition coefficient (Wildman–Crippen LogP) is 0.813. The van der Waals surface area contributed by atoms with Crippen LogP contribution in [0.25, 0.3) is 0 Å². The van der Waals surface area contributed by atoms with E-state index in [2.05, 4.69) is 5.32 Å². The van der Waals surface area contributed by atoms with E-state index in [0.717, 1.165) is 0 Å². The fraction of sp³-hybridized carbons (Fsp3) is 0.529. The number of para-hydroxylation sites is 2. The predicted molar refractivity (Wildman–Crippen MR) is 91.1 cm³/mol. The van der Waals surface area contributed by atoms with Crippen LogP contribution in [0.3, 0.4) is 0 Å². The van der Waals surface area contributed by atoms with Gasteiger partial charge in [0.1, 0.15) is 5.75 Å². The average molecular weight is 335 g/mol. The van der Waals surface area contributed by atoms with Crippen molar-refractivity contribution < 1.29 is 19.1 Å². The van der Waals surface area contributed by atoms with Crippen molar-refractivity contribution in [1.82, 2.24) is 9.80 Å². The summed E-state index contributed by atoms with van der Waals surface area (Å²) in [5.41, 5.74) is 0.616. The summed E-state index contributed by atoms with van der Waals surface area (Å²) < 4.78 is 10.5. The standard InChI is InChI=1S/C17H25N3O4/c1-13(17(22)18-14-6-4-5-7-15(14)23-3)19(2)12-16(21)20-8-10-24-11-9-20/h4-7,13H,8-12H2,1-3H3,(H,18,22). The minimum atomic E-state index is -0.445. The molecule has 0 radical (unpaired) electrons. The van der Waals surface area contributed by atoms with E-state index in [4.69, 9.17) is 9.47 Å². The Bertz CT molecular complexity index is 573. The number of rotatable bonds is 6. The maximum atomic E-state index is 12.4. The molecule has 7 nitrogen and oxygen atoms in total. The molecule has 1 atom stereocenters. The third-order valence-corrected chi connectivity index (χ3v) is 4.15. The van der Waals surface area contributed by atoms with Crippen molar-refractivity contribution in [3.63, 3.8) is 0 Å². The lowest BCUT2D eigenvalue weighted by Gasteiger charge is -2.30. The summed E-state index contributed by atoms with van der Waals surface area (Å²) in [5, 5.41) is 2.84. The first-order valence-corrected chi connectivity index (χ1v) is 8.02. The minimum absolute atomic E-state index is 0.0118. The molecule has 1 aromatic carbocycles. The Kier molecular flexibility index (Phi) is 6.57. The first-order valence-electron chi connectivity index (χ1n) is 8.02. The van der Waals surface area contributed by atoms with Gasteiger partial charge in [-0.25, -0.2) is 0 Å². The second-order valence-corrected chi connectivity index (χ2v) is 5.77. The average Bonchev–Trinajstić information content (AvgIpc) is 2.62. The molecule has 2 rings (SSSR count). The van der Waals surface area contributed by atoms with Gasteiger partial charge in [-0.15, -0.1) is 0 Å². The summed E-state index contributed by atoms with van der Waals surface area (Å²) in [7, 11) is 3.33. The molecule has 1 N–H and O–H groups in total. The van der Waals surface area contributed by atoms with E-state index in [9.17, 15) is 9.59 Å². The molecule has 0 saturated carbocycles. The topological polar surface area (TPSA) is 71.1 Å². The molecule has 7 heteroatoms. The molecule has 1 aliphatic heterocycles. The quantitative estimate of drug-likeness (QED) is 0.833. The van der Waals surface area contributed by atoms with Crippen molar-refractivity contribution in [2.24, 2.45) is 0 Å². The van der Waals surface area contributed by atoms with Crippen LogP contribution >= 0.6 is 0 Å². The number of carbonyl (C=O) groups excluding carboxylic acids is 2. The normalized spacial score (nSPS) is 15.9. The van der Waals surface area contributed by atoms with E-state index in [1.54, 1.807) is 43.0 Å². The lowest BCUT2D eigenvalue weighted by molar-refractivity contribution is -0.137. The molecular weight excluding hydrogens is 310 g/mol. The number of hydrogen-bond acceptors (Lipinski definition) is 5. The summed E-state index contributed by atoms with van der Waals surface area (Å²) in [6.45, 7) is 4.32. The molecule has 0 aromatic heterocycles. The third-order valence-electron chi connectivity index (χ3n) is 4.15. The van der Waals surface area contributed by atoms with E-state index >= 15 is 0 Å². The zero-order chi connectivity index (χ0) is 17.5. The van der Waals surface area contributed by atoms with Gasteiger partial charge in [-0.2, -0.15) is 0 Å². The van der Waals surface area contributed by atoms with Crippen molar-refractivity contribution in [3.05, 3.63) is 24.3 Å². The Balaban J connectivity index is 1.90. The number of amides is 2. The van der Waals surface area contributed by atoms with Crippen LogP contribution in [0.4, 0.5) is 5.69 Å². The van der Waals surface area contributed by atoms with Crippen LogP contribution in [0.2, 0.25) is 0 Å². The second-order valence-electron chi connectivity index (χ2n) is 5.77. The van der Waals surface area contributed by atoms with Gasteiger partial charge in [0, 0.05) is 13.1 Å². The van der Waals surface area contributed by atoms with Crippen LogP contribution in [-0.4, -0.2) is 74.7 Å². The Labute approximate surface area is 142 Å². The number of morpholine rings is 1. The smallest absolute Gasteiger partial charge is 0.241 e. The first kappa shape index (κ1) is 18.2. The largest absolute Gasteiger partial charge is 0.495 e. The summed E-state index contributed by atoms with van der Waals surface area (Å²) in [4.78, 5) is 28.2. The van der Waals surface area contributed by atoms with Crippen LogP contribution in [0.15, 0.2) is 24.3 Å². The van der Waals surface area contributed by atoms with E-state index < -0.39 is 6.04 Å². The number of hydrogen-bond donors (Lipinski definition) is 1. The number of anilines is 1. The molecule has 1 heterocycles. The first-order chi connectivity index (χ1) is 11.5. The van der Waals surface area contributed by atoms with E-state index in [1.807, 2.05) is 12.1 Å². The highest BCUT2D eigenvalue weighted by molar-refractivity contribution is 5.96. The maximum absolute atomic E-state index is 12.4. The highest BCUT2D eigenvalue weighted by Crippen LogP contribution is 2.23. The zero-order valence-corrected chi connectivity index (χ0v) is 14.4. The van der Waals surface area contributed by atoms with Gasteiger partial charge in [0.05, 0.1) is 38.6 Å². The highest BCUT2D eigenvalue weighted by Gasteiger charge is 2.24. The van der Waals surface area contributed by atoms with Gasteiger partial charge in [0.2, 0.25) is 11.8 Å². The van der Waals surface area contributed by atoms with Gasteiger partial charge in [-0.3, -0.25) is 14.5 Å². The number of nitrogens with zero attached hydrogens (tertiary/aromatic N) is 2. The van der Waals surface area contributed by atoms with Crippen molar-refractivity contribution in [2.75, 3.05) is 52.3 Å². The lowest BCUT2D eigenvalue weighted by atomic mass is 10.2. The van der Waals surface area contributed by atoms with Crippen molar-refractivity contribution in [3.8, 4) is 5.75 Å². The zero-order valence-electron chi connectivity index (χ0n) is 14.4. The van der Waals surface area contributed by atoms with Gasteiger partial charge in [-0.1, -0.05) is 12.1 Å². The number of ether oxygens (including phenoxy) is 2. The van der Waals surface area contributed by atoms with Crippen molar-refractivity contribution >= 4 is 17.5 Å². The molecular formula is C17H25N3O4. The van der Waals surface area contributed by atoms with Gasteiger partial charge < -0.3 is 19.7 Å². The number of methoxy groups -OCH3 is 1. The van der Waals surface area contributed by atoms with Crippen molar-refractivity contribution in [2.45, 2.75) is 13.0 Å². The van der Waals surface area contributed by atoms with Crippen LogP contribution < -0.4 is 10.1 Å². The third kappa shape index (κ3) is 4.69. The Morgan fingerprint density at radius 2 is 2.00 bits per heavy atom. The molecule has 0 bridgehead atoms. The summed E-state index contributed by atoms with van der Waals surface area (Å²) in [6.07, 6.45) is 0. The van der Waals surface area contributed by atoms with Crippen LogP contribution in [-0.2, 0) is 14.3 Å². The molecule has 1 saturated heterocycles. The maximum Gasteiger partial charge on any atom is 0.241 e. The number of likely N-dealkylation sites (N-methyl/N-ethyl adjacent to an activating group) is 1. The second kappa shape index (κ2) is 8.65. The van der Waals surface area contributed by atoms with E-state index in [-0.39, 0.29) is 18.4 Å². The molecule has 2 amide bonds. The van der Waals surface area contributed by atoms with Gasteiger partial charge in [0.25, 0.3) is 0 Å². The highest BCUT2D eigenvalue weighted by atomic mass is 16.5. The number of nitrogens with one attached hydrogen (secondary N) is 1. The molecule has 1 aromatic rings. The van der Waals surface area contributed by atoms with Gasteiger partial charge in [0.15, 0.2) is 0 Å². The van der Waals surface area contributed by atoms with E-state index in [1.165, 1.54) is 0 Å². The van der Waals surface area contributed by atoms with Crippen LogP contribution in [0.1, 0.15) is 6.92 Å². The Morgan fingerprint density at radius 1 is 1.33 bits per heavy atom. The molecule has 24 heavy (non-hydrogen) atoms. The minimum Gasteiger partial charge on any atom is -0.495 e. The molecule has 0 aliphatic carbocycles. The molecule has 1 unspecified atom stereocenters. The van der Waals surface area contributed by atoms with Crippen LogP contribution in [0, 0.1) is 0 Å². The van der Waals surface area contributed by atoms with Gasteiger partial charge >= 0.3 is 0 Å².